The molecule has 1 aromatic heterocycles. The summed E-state index contributed by atoms with van der Waals surface area (Å²) >= 11 is 0. The van der Waals surface area contributed by atoms with Crippen LogP contribution in [-0.2, 0) is 7.05 Å². The number of aromatic hydroxyl groups is 1. The van der Waals surface area contributed by atoms with Crippen molar-refractivity contribution in [3.8, 4) is 5.75 Å². The number of nitro groups is 1. The third-order valence-electron chi connectivity index (χ3n) is 3.76. The largest absolute Gasteiger partial charge is 0.507 e. The minimum absolute atomic E-state index is 0.00638. The number of nitrogens with zero attached hydrogens (tertiary/aromatic N) is 4. The smallest absolute Gasteiger partial charge is 0.292 e. The van der Waals surface area contributed by atoms with Gasteiger partial charge in [0.1, 0.15) is 5.75 Å². The van der Waals surface area contributed by atoms with Crippen molar-refractivity contribution < 1.29 is 14.8 Å². The Bertz CT molecular complexity index is 1150. The summed E-state index contributed by atoms with van der Waals surface area (Å²) in [5.74, 6) is -0.910. The fourth-order valence-electron chi connectivity index (χ4n) is 2.44. The standard InChI is InChI=1S/C17H13N5O5/c1-21-17(25)13-5-3-2-4-12(13)15(20-21)16(24)19-18-9-10-8-11(22(26)27)6-7-14(10)23/h2-9,23H,1H3,(H,19,24)/b18-9+. The molecule has 1 heterocycles. The van der Waals surface area contributed by atoms with E-state index in [0.717, 1.165) is 29.1 Å². The molecule has 3 rings (SSSR count). The van der Waals surface area contributed by atoms with Crippen LogP contribution >= 0.6 is 0 Å². The monoisotopic (exact) mass is 367 g/mol. The lowest BCUT2D eigenvalue weighted by atomic mass is 10.1. The molecule has 0 aliphatic heterocycles. The van der Waals surface area contributed by atoms with Crippen LogP contribution in [0.15, 0.2) is 52.4 Å². The molecule has 0 aliphatic rings. The predicted molar refractivity (Wildman–Crippen MR) is 96.8 cm³/mol. The molecule has 136 valence electrons. The second-order valence-electron chi connectivity index (χ2n) is 5.52. The number of nitro benzene ring substituents is 1. The molecule has 2 N–H and O–H groups in total. The molecule has 0 aliphatic carbocycles. The summed E-state index contributed by atoms with van der Waals surface area (Å²) in [6, 6.07) is 9.94. The Morgan fingerprint density at radius 1 is 1.30 bits per heavy atom. The van der Waals surface area contributed by atoms with Crippen molar-refractivity contribution in [1.82, 2.24) is 15.2 Å². The zero-order valence-corrected chi connectivity index (χ0v) is 14.0. The number of hydrogen-bond acceptors (Lipinski definition) is 7. The van der Waals surface area contributed by atoms with Gasteiger partial charge in [-0.05, 0) is 12.1 Å². The highest BCUT2D eigenvalue weighted by Crippen LogP contribution is 2.21. The zero-order valence-electron chi connectivity index (χ0n) is 14.0. The molecule has 27 heavy (non-hydrogen) atoms. The summed E-state index contributed by atoms with van der Waals surface area (Å²) in [5.41, 5.74) is 1.71. The average molecular weight is 367 g/mol. The summed E-state index contributed by atoms with van der Waals surface area (Å²) < 4.78 is 1.05. The number of amides is 1. The number of hydrogen-bond donors (Lipinski definition) is 2. The van der Waals surface area contributed by atoms with Gasteiger partial charge in [-0.25, -0.2) is 10.1 Å². The second kappa shape index (κ2) is 7.04. The first-order valence-electron chi connectivity index (χ1n) is 7.65. The molecule has 0 saturated carbocycles. The van der Waals surface area contributed by atoms with Crippen LogP contribution in [0.4, 0.5) is 5.69 Å². The van der Waals surface area contributed by atoms with Crippen LogP contribution in [0.5, 0.6) is 5.75 Å². The zero-order chi connectivity index (χ0) is 19.6. The van der Waals surface area contributed by atoms with E-state index in [-0.39, 0.29) is 28.3 Å². The van der Waals surface area contributed by atoms with Gasteiger partial charge in [-0.3, -0.25) is 19.7 Å². The van der Waals surface area contributed by atoms with Crippen molar-refractivity contribution in [3.63, 3.8) is 0 Å². The van der Waals surface area contributed by atoms with Crippen molar-refractivity contribution in [2.75, 3.05) is 0 Å². The molecule has 0 atom stereocenters. The van der Waals surface area contributed by atoms with E-state index < -0.39 is 10.8 Å². The molecule has 0 bridgehead atoms. The lowest BCUT2D eigenvalue weighted by Gasteiger charge is -2.06. The van der Waals surface area contributed by atoms with Crippen molar-refractivity contribution in [2.24, 2.45) is 12.1 Å². The molecule has 1 amide bonds. The number of aryl methyl sites for hydroxylation is 1. The van der Waals surface area contributed by atoms with Crippen LogP contribution in [0.1, 0.15) is 16.1 Å². The van der Waals surface area contributed by atoms with Crippen molar-refractivity contribution in [2.45, 2.75) is 0 Å². The molecule has 0 spiro atoms. The molecular weight excluding hydrogens is 354 g/mol. The van der Waals surface area contributed by atoms with Gasteiger partial charge in [0.25, 0.3) is 17.2 Å². The van der Waals surface area contributed by atoms with Crippen LogP contribution in [0, 0.1) is 10.1 Å². The van der Waals surface area contributed by atoms with E-state index in [2.05, 4.69) is 15.6 Å². The topological polar surface area (TPSA) is 140 Å². The Balaban J connectivity index is 1.89. The number of carbonyl (C=O) groups excluding carboxylic acids is 1. The number of non-ortho nitro benzene ring substituents is 1. The van der Waals surface area contributed by atoms with Crippen LogP contribution in [0.25, 0.3) is 10.8 Å². The minimum atomic E-state index is -0.678. The maximum atomic E-state index is 12.4. The Morgan fingerprint density at radius 3 is 2.70 bits per heavy atom. The maximum Gasteiger partial charge on any atom is 0.292 e. The number of benzene rings is 2. The molecule has 0 saturated heterocycles. The number of aromatic nitrogens is 2. The van der Waals surface area contributed by atoms with Gasteiger partial charge in [0.15, 0.2) is 5.69 Å². The highest BCUT2D eigenvalue weighted by Gasteiger charge is 2.15. The quantitative estimate of drug-likeness (QED) is 0.405. The van der Waals surface area contributed by atoms with Crippen molar-refractivity contribution >= 4 is 28.6 Å². The van der Waals surface area contributed by atoms with Gasteiger partial charge in [0.05, 0.1) is 16.5 Å². The van der Waals surface area contributed by atoms with Gasteiger partial charge < -0.3 is 5.11 Å². The fourth-order valence-corrected chi connectivity index (χ4v) is 2.44. The van der Waals surface area contributed by atoms with Gasteiger partial charge in [0.2, 0.25) is 0 Å². The first kappa shape index (κ1) is 17.7. The summed E-state index contributed by atoms with van der Waals surface area (Å²) in [7, 11) is 1.43. The van der Waals surface area contributed by atoms with Gasteiger partial charge in [-0.2, -0.15) is 10.2 Å². The van der Waals surface area contributed by atoms with Crippen LogP contribution in [0.2, 0.25) is 0 Å². The first-order chi connectivity index (χ1) is 12.9. The second-order valence-corrected chi connectivity index (χ2v) is 5.52. The SMILES string of the molecule is Cn1nc(C(=O)N/N=C/c2cc([N+](=O)[O-])ccc2O)c2ccccc2c1=O. The summed E-state index contributed by atoms with van der Waals surface area (Å²) in [6.45, 7) is 0. The molecule has 0 radical (unpaired) electrons. The molecule has 3 aromatic rings. The van der Waals surface area contributed by atoms with Gasteiger partial charge in [-0.1, -0.05) is 18.2 Å². The highest BCUT2D eigenvalue weighted by atomic mass is 16.6. The van der Waals surface area contributed by atoms with E-state index >= 15 is 0 Å². The number of phenols is 1. The predicted octanol–water partition coefficient (Wildman–Crippen LogP) is 1.31. The van der Waals surface area contributed by atoms with E-state index in [1.807, 2.05) is 0 Å². The Labute approximate surface area is 151 Å². The Morgan fingerprint density at radius 2 is 2.00 bits per heavy atom. The summed E-state index contributed by atoms with van der Waals surface area (Å²) in [6.07, 6.45) is 1.07. The fraction of sp³-hybridized carbons (Fsp3) is 0.0588. The van der Waals surface area contributed by atoms with Crippen LogP contribution in [0.3, 0.4) is 0 Å². The summed E-state index contributed by atoms with van der Waals surface area (Å²) in [5, 5.41) is 28.9. The third kappa shape index (κ3) is 3.49. The molecule has 0 unspecified atom stereocenters. The Hall–Kier alpha value is -4.08. The van der Waals surface area contributed by atoms with Gasteiger partial charge in [0, 0.05) is 30.1 Å². The maximum absolute atomic E-state index is 12.4. The number of carbonyl (C=O) groups is 1. The van der Waals surface area contributed by atoms with E-state index in [1.165, 1.54) is 7.05 Å². The van der Waals surface area contributed by atoms with Crippen LogP contribution in [-0.4, -0.2) is 31.9 Å². The number of phenolic OH excluding ortho intramolecular Hbond substituents is 1. The first-order valence-corrected chi connectivity index (χ1v) is 7.65. The number of rotatable bonds is 4. The molecular formula is C17H13N5O5. The third-order valence-corrected chi connectivity index (χ3v) is 3.76. The molecule has 10 nitrogen and oxygen atoms in total. The highest BCUT2D eigenvalue weighted by molar-refractivity contribution is 6.05. The lowest BCUT2D eigenvalue weighted by Crippen LogP contribution is -2.27. The minimum Gasteiger partial charge on any atom is -0.507 e. The number of nitrogens with one attached hydrogen (secondary N) is 1. The molecule has 0 fully saturated rings. The van der Waals surface area contributed by atoms with E-state index in [9.17, 15) is 24.8 Å². The van der Waals surface area contributed by atoms with Crippen LogP contribution < -0.4 is 11.0 Å². The van der Waals surface area contributed by atoms with Crippen molar-refractivity contribution in [1.29, 1.82) is 0 Å². The number of fused-ring (bicyclic) bond motifs is 1. The van der Waals surface area contributed by atoms with Gasteiger partial charge >= 0.3 is 0 Å². The Kier molecular flexibility index (Phi) is 4.62. The van der Waals surface area contributed by atoms with E-state index in [0.29, 0.717) is 10.8 Å². The lowest BCUT2D eigenvalue weighted by molar-refractivity contribution is -0.384. The molecule has 10 heteroatoms. The number of hydrazone groups is 1. The normalized spacial score (nSPS) is 11.0. The molecule has 2 aromatic carbocycles. The van der Waals surface area contributed by atoms with Gasteiger partial charge in [-0.15, -0.1) is 0 Å². The average Bonchev–Trinajstić information content (AvgIpc) is 2.65. The van der Waals surface area contributed by atoms with E-state index in [4.69, 9.17) is 0 Å². The van der Waals surface area contributed by atoms with Crippen molar-refractivity contribution in [3.05, 3.63) is 74.2 Å². The summed E-state index contributed by atoms with van der Waals surface area (Å²) in [4.78, 5) is 34.7. The van der Waals surface area contributed by atoms with E-state index in [1.54, 1.807) is 24.3 Å².